The van der Waals surface area contributed by atoms with E-state index in [0.717, 1.165) is 62.9 Å². The number of aryl methyl sites for hydroxylation is 1. The minimum atomic E-state index is 0. The molecule has 0 atom stereocenters. The van der Waals surface area contributed by atoms with Crippen LogP contribution in [0, 0.1) is 6.92 Å². The van der Waals surface area contributed by atoms with Gasteiger partial charge in [0.2, 0.25) is 0 Å². The van der Waals surface area contributed by atoms with Crippen molar-refractivity contribution in [2.75, 3.05) is 24.5 Å². The van der Waals surface area contributed by atoms with Crippen LogP contribution in [0.5, 0.6) is 0 Å². The van der Waals surface area contributed by atoms with Crippen molar-refractivity contribution in [1.29, 1.82) is 0 Å². The second-order valence-electron chi connectivity index (χ2n) is 7.41. The van der Waals surface area contributed by atoms with Crippen LogP contribution in [-0.2, 0) is 13.6 Å². The lowest BCUT2D eigenvalue weighted by Gasteiger charge is -2.34. The van der Waals surface area contributed by atoms with Crippen molar-refractivity contribution in [1.82, 2.24) is 25.4 Å². The lowest BCUT2D eigenvalue weighted by atomic mass is 10.0. The first-order chi connectivity index (χ1) is 13.7. The summed E-state index contributed by atoms with van der Waals surface area (Å²) in [5.74, 6) is 2.67. The summed E-state index contributed by atoms with van der Waals surface area (Å²) in [5, 5.41) is 15.5. The summed E-state index contributed by atoms with van der Waals surface area (Å²) in [6.07, 6.45) is 4.51. The smallest absolute Gasteiger partial charge is 0.191 e. The quantitative estimate of drug-likeness (QED) is 0.259. The molecule has 0 spiro atoms. The number of unbranched alkanes of at least 4 members (excludes halogenated alkanes) is 1. The van der Waals surface area contributed by atoms with Gasteiger partial charge in [0.15, 0.2) is 11.8 Å². The zero-order chi connectivity index (χ0) is 19.8. The van der Waals surface area contributed by atoms with Crippen molar-refractivity contribution in [3.8, 4) is 0 Å². The predicted octanol–water partition coefficient (Wildman–Crippen LogP) is 3.25. The third-order valence-electron chi connectivity index (χ3n) is 5.34. The topological polar surface area (TPSA) is 70.4 Å². The summed E-state index contributed by atoms with van der Waals surface area (Å²) in [5.41, 5.74) is 1.31. The van der Waals surface area contributed by atoms with Crippen molar-refractivity contribution in [2.45, 2.75) is 52.1 Å². The number of anilines is 1. The third-order valence-corrected chi connectivity index (χ3v) is 5.34. The molecule has 0 saturated carbocycles. The molecule has 8 heteroatoms. The Bertz CT molecular complexity index is 752. The number of aliphatic imine (C=N–C) groups is 1. The third kappa shape index (κ3) is 6.87. The zero-order valence-corrected chi connectivity index (χ0v) is 20.1. The molecule has 2 aromatic rings. The summed E-state index contributed by atoms with van der Waals surface area (Å²) in [6.45, 7) is 7.75. The Kier molecular flexibility index (Phi) is 9.69. The normalized spacial score (nSPS) is 15.1. The molecule has 0 aliphatic carbocycles. The minimum absolute atomic E-state index is 0. The molecule has 1 fully saturated rings. The van der Waals surface area contributed by atoms with E-state index in [-0.39, 0.29) is 24.0 Å². The highest BCUT2D eigenvalue weighted by Crippen LogP contribution is 2.19. The lowest BCUT2D eigenvalue weighted by molar-refractivity contribution is 0.460. The predicted molar refractivity (Wildman–Crippen MR) is 130 cm³/mol. The van der Waals surface area contributed by atoms with Crippen LogP contribution in [0.1, 0.15) is 44.3 Å². The molecule has 1 aliphatic rings. The van der Waals surface area contributed by atoms with Crippen molar-refractivity contribution >= 4 is 35.6 Å². The second kappa shape index (κ2) is 12.0. The number of nitrogens with zero attached hydrogens (tertiary/aromatic N) is 5. The van der Waals surface area contributed by atoms with Gasteiger partial charge in [0.1, 0.15) is 12.4 Å². The molecule has 1 aromatic carbocycles. The first kappa shape index (κ1) is 23.4. The van der Waals surface area contributed by atoms with Crippen LogP contribution in [0.25, 0.3) is 0 Å². The SMILES string of the molecule is CCCCNC(=NCc1nnc(C)n1C)NC1CCN(c2ccccc2)CC1.I. The molecule has 29 heavy (non-hydrogen) atoms. The molecular weight excluding hydrogens is 477 g/mol. The van der Waals surface area contributed by atoms with Gasteiger partial charge in [0, 0.05) is 38.4 Å². The molecule has 2 heterocycles. The molecule has 1 aliphatic heterocycles. The number of piperidine rings is 1. The first-order valence-electron chi connectivity index (χ1n) is 10.4. The van der Waals surface area contributed by atoms with E-state index in [0.29, 0.717) is 12.6 Å². The number of aromatic nitrogens is 3. The Labute approximate surface area is 191 Å². The highest BCUT2D eigenvalue weighted by molar-refractivity contribution is 14.0. The van der Waals surface area contributed by atoms with Crippen LogP contribution in [0.3, 0.4) is 0 Å². The van der Waals surface area contributed by atoms with Gasteiger partial charge in [0.25, 0.3) is 0 Å². The zero-order valence-electron chi connectivity index (χ0n) is 17.8. The van der Waals surface area contributed by atoms with Gasteiger partial charge >= 0.3 is 0 Å². The van der Waals surface area contributed by atoms with E-state index in [1.165, 1.54) is 5.69 Å². The van der Waals surface area contributed by atoms with E-state index < -0.39 is 0 Å². The van der Waals surface area contributed by atoms with Crippen LogP contribution in [0.4, 0.5) is 5.69 Å². The number of para-hydroxylation sites is 1. The molecule has 3 rings (SSSR count). The number of rotatable bonds is 7. The van der Waals surface area contributed by atoms with E-state index >= 15 is 0 Å². The van der Waals surface area contributed by atoms with Gasteiger partial charge in [-0.2, -0.15) is 0 Å². The van der Waals surface area contributed by atoms with Crippen LogP contribution in [0.15, 0.2) is 35.3 Å². The number of benzene rings is 1. The summed E-state index contributed by atoms with van der Waals surface area (Å²) >= 11 is 0. The van der Waals surface area contributed by atoms with E-state index in [4.69, 9.17) is 4.99 Å². The molecule has 0 bridgehead atoms. The molecule has 0 unspecified atom stereocenters. The summed E-state index contributed by atoms with van der Waals surface area (Å²) in [7, 11) is 1.98. The molecular formula is C21H34IN7. The molecule has 7 nitrogen and oxygen atoms in total. The summed E-state index contributed by atoms with van der Waals surface area (Å²) < 4.78 is 1.99. The average molecular weight is 511 g/mol. The number of hydrogen-bond donors (Lipinski definition) is 2. The van der Waals surface area contributed by atoms with E-state index in [2.05, 4.69) is 63.0 Å². The number of hydrogen-bond acceptors (Lipinski definition) is 4. The van der Waals surface area contributed by atoms with Gasteiger partial charge in [-0.3, -0.25) is 0 Å². The van der Waals surface area contributed by atoms with E-state index in [1.54, 1.807) is 0 Å². The minimum Gasteiger partial charge on any atom is -0.371 e. The first-order valence-corrected chi connectivity index (χ1v) is 10.4. The fourth-order valence-corrected chi connectivity index (χ4v) is 3.39. The Balaban J connectivity index is 0.00000300. The molecule has 1 aromatic heterocycles. The van der Waals surface area contributed by atoms with Crippen molar-refractivity contribution in [3.05, 3.63) is 42.0 Å². The number of nitrogens with one attached hydrogen (secondary N) is 2. The molecule has 2 N–H and O–H groups in total. The van der Waals surface area contributed by atoms with Gasteiger partial charge in [-0.15, -0.1) is 34.2 Å². The van der Waals surface area contributed by atoms with Crippen LogP contribution >= 0.6 is 24.0 Å². The number of halogens is 1. The van der Waals surface area contributed by atoms with E-state index in [1.807, 2.05) is 18.5 Å². The van der Waals surface area contributed by atoms with E-state index in [9.17, 15) is 0 Å². The Hall–Kier alpha value is -1.84. The van der Waals surface area contributed by atoms with Gasteiger partial charge in [-0.25, -0.2) is 4.99 Å². The summed E-state index contributed by atoms with van der Waals surface area (Å²) in [4.78, 5) is 7.23. The fourth-order valence-electron chi connectivity index (χ4n) is 3.39. The number of guanidine groups is 1. The van der Waals surface area contributed by atoms with Crippen molar-refractivity contribution in [2.24, 2.45) is 12.0 Å². The maximum atomic E-state index is 4.77. The Morgan fingerprint density at radius 1 is 1.17 bits per heavy atom. The van der Waals surface area contributed by atoms with Gasteiger partial charge in [0.05, 0.1) is 0 Å². The summed E-state index contributed by atoms with van der Waals surface area (Å²) in [6, 6.07) is 11.1. The molecule has 1 saturated heterocycles. The van der Waals surface area contributed by atoms with Crippen LogP contribution in [-0.4, -0.2) is 46.4 Å². The maximum Gasteiger partial charge on any atom is 0.191 e. The van der Waals surface area contributed by atoms with Crippen LogP contribution < -0.4 is 15.5 Å². The van der Waals surface area contributed by atoms with Gasteiger partial charge < -0.3 is 20.1 Å². The second-order valence-corrected chi connectivity index (χ2v) is 7.41. The Morgan fingerprint density at radius 2 is 1.90 bits per heavy atom. The average Bonchev–Trinajstić information content (AvgIpc) is 3.05. The van der Waals surface area contributed by atoms with Crippen molar-refractivity contribution in [3.63, 3.8) is 0 Å². The monoisotopic (exact) mass is 511 g/mol. The highest BCUT2D eigenvalue weighted by atomic mass is 127. The van der Waals surface area contributed by atoms with Crippen LogP contribution in [0.2, 0.25) is 0 Å². The van der Waals surface area contributed by atoms with Gasteiger partial charge in [-0.05, 0) is 38.3 Å². The fraction of sp³-hybridized carbons (Fsp3) is 0.571. The molecule has 160 valence electrons. The maximum absolute atomic E-state index is 4.77. The standard InChI is InChI=1S/C21H33N7.HI/c1-4-5-13-22-21(23-16-20-26-25-17(2)27(20)3)24-18-11-14-28(15-12-18)19-9-7-6-8-10-19;/h6-10,18H,4-5,11-16H2,1-3H3,(H2,22,23,24);1H. The molecule has 0 amide bonds. The molecule has 0 radical (unpaired) electrons. The lowest BCUT2D eigenvalue weighted by Crippen LogP contribution is -2.49. The highest BCUT2D eigenvalue weighted by Gasteiger charge is 2.20. The largest absolute Gasteiger partial charge is 0.371 e. The Morgan fingerprint density at radius 3 is 2.52 bits per heavy atom. The van der Waals surface area contributed by atoms with Gasteiger partial charge in [-0.1, -0.05) is 31.5 Å². The van der Waals surface area contributed by atoms with Crippen molar-refractivity contribution < 1.29 is 0 Å².